The molecule has 210 valence electrons. The van der Waals surface area contributed by atoms with E-state index in [1.54, 1.807) is 24.3 Å². The average Bonchev–Trinajstić information content (AvgIpc) is 3.39. The number of nitrogens with zero attached hydrogens (tertiary/aromatic N) is 4. The van der Waals surface area contributed by atoms with Crippen LogP contribution in [0.25, 0.3) is 16.8 Å². The van der Waals surface area contributed by atoms with Crippen LogP contribution in [0.15, 0.2) is 73.3 Å². The van der Waals surface area contributed by atoms with Crippen LogP contribution in [0.4, 0.5) is 14.5 Å². The molecule has 4 aromatic rings. The number of pyridine rings is 1. The second-order valence-electron chi connectivity index (χ2n) is 9.69. The first kappa shape index (κ1) is 28.8. The SMILES string of the molecule is CNc1cc(CN2CCCC(N)C2)cc(-n2cnc(C)c2)c1.O=Cc1cc(-c2cccc(OC(F)F)c2)ccn1. The van der Waals surface area contributed by atoms with Gasteiger partial charge in [0.05, 0.1) is 12.0 Å². The van der Waals surface area contributed by atoms with Crippen molar-refractivity contribution in [3.63, 3.8) is 0 Å². The van der Waals surface area contributed by atoms with Gasteiger partial charge in [0.1, 0.15) is 11.4 Å². The van der Waals surface area contributed by atoms with Crippen LogP contribution in [0.3, 0.4) is 0 Å². The minimum Gasteiger partial charge on any atom is -0.435 e. The first-order valence-corrected chi connectivity index (χ1v) is 13.1. The van der Waals surface area contributed by atoms with Crippen molar-refractivity contribution in [1.82, 2.24) is 19.4 Å². The van der Waals surface area contributed by atoms with Gasteiger partial charge in [-0.2, -0.15) is 8.78 Å². The molecular formula is C30H34F2N6O2. The van der Waals surface area contributed by atoms with E-state index in [1.165, 1.54) is 30.3 Å². The van der Waals surface area contributed by atoms with Gasteiger partial charge in [-0.05, 0) is 85.5 Å². The van der Waals surface area contributed by atoms with Crippen molar-refractivity contribution in [2.24, 2.45) is 5.73 Å². The van der Waals surface area contributed by atoms with Crippen molar-refractivity contribution < 1.29 is 18.3 Å². The highest BCUT2D eigenvalue weighted by Gasteiger charge is 2.17. The predicted octanol–water partition coefficient (Wildman–Crippen LogP) is 5.31. The summed E-state index contributed by atoms with van der Waals surface area (Å²) in [6, 6.07) is 16.5. The van der Waals surface area contributed by atoms with Crippen molar-refractivity contribution in [3.8, 4) is 22.6 Å². The molecule has 3 heterocycles. The van der Waals surface area contributed by atoms with Crippen LogP contribution in [-0.4, -0.2) is 58.5 Å². The van der Waals surface area contributed by atoms with Crippen molar-refractivity contribution in [2.45, 2.75) is 39.0 Å². The van der Waals surface area contributed by atoms with E-state index in [0.717, 1.165) is 43.1 Å². The molecule has 5 rings (SSSR count). The number of nitrogens with one attached hydrogen (secondary N) is 1. The number of ether oxygens (including phenoxy) is 1. The van der Waals surface area contributed by atoms with Crippen LogP contribution >= 0.6 is 0 Å². The molecule has 8 nitrogen and oxygen atoms in total. The number of aryl methyl sites for hydroxylation is 1. The number of hydrogen-bond donors (Lipinski definition) is 2. The fourth-order valence-corrected chi connectivity index (χ4v) is 4.66. The largest absolute Gasteiger partial charge is 0.435 e. The Morgan fingerprint density at radius 3 is 2.67 bits per heavy atom. The molecule has 10 heteroatoms. The van der Waals surface area contributed by atoms with Gasteiger partial charge in [0.2, 0.25) is 0 Å². The Hall–Kier alpha value is -4.15. The first-order chi connectivity index (χ1) is 19.3. The second kappa shape index (κ2) is 13.8. The van der Waals surface area contributed by atoms with Crippen molar-refractivity contribution >= 4 is 12.0 Å². The number of aromatic nitrogens is 3. The number of alkyl halides is 2. The Morgan fingerprint density at radius 2 is 1.98 bits per heavy atom. The Morgan fingerprint density at radius 1 is 1.15 bits per heavy atom. The van der Waals surface area contributed by atoms with Gasteiger partial charge in [-0.25, -0.2) is 4.98 Å². The number of aldehydes is 1. The van der Waals surface area contributed by atoms with Crippen LogP contribution in [0.1, 0.15) is 34.6 Å². The molecule has 1 fully saturated rings. The first-order valence-electron chi connectivity index (χ1n) is 13.1. The van der Waals surface area contributed by atoms with Crippen LogP contribution < -0.4 is 15.8 Å². The number of nitrogens with two attached hydrogens (primary N) is 1. The molecule has 0 amide bonds. The monoisotopic (exact) mass is 548 g/mol. The minimum atomic E-state index is -2.86. The van der Waals surface area contributed by atoms with Gasteiger partial charge in [-0.1, -0.05) is 12.1 Å². The summed E-state index contributed by atoms with van der Waals surface area (Å²) in [5.74, 6) is 0.0759. The Bertz CT molecular complexity index is 1410. The summed E-state index contributed by atoms with van der Waals surface area (Å²) in [7, 11) is 1.96. The molecule has 3 N–H and O–H groups in total. The van der Waals surface area contributed by atoms with E-state index in [2.05, 4.69) is 53.9 Å². The fraction of sp³-hybridized carbons (Fsp3) is 0.300. The van der Waals surface area contributed by atoms with Gasteiger partial charge < -0.3 is 20.4 Å². The third-order valence-electron chi connectivity index (χ3n) is 6.52. The summed E-state index contributed by atoms with van der Waals surface area (Å²) in [5.41, 5.74) is 12.4. The summed E-state index contributed by atoms with van der Waals surface area (Å²) in [6.07, 6.45) is 8.37. The topological polar surface area (TPSA) is 98.3 Å². The lowest BCUT2D eigenvalue weighted by atomic mass is 10.1. The Kier molecular flexibility index (Phi) is 9.93. The van der Waals surface area contributed by atoms with Crippen molar-refractivity contribution in [1.29, 1.82) is 0 Å². The number of imidazole rings is 1. The molecule has 0 radical (unpaired) electrons. The molecule has 1 aliphatic rings. The molecule has 0 spiro atoms. The molecule has 1 unspecified atom stereocenters. The molecule has 2 aromatic carbocycles. The number of likely N-dealkylation sites (tertiary alicyclic amines) is 1. The normalized spacial score (nSPS) is 15.3. The fourth-order valence-electron chi connectivity index (χ4n) is 4.66. The number of halogens is 2. The van der Waals surface area contributed by atoms with E-state index in [1.807, 2.05) is 20.3 Å². The van der Waals surface area contributed by atoms with Gasteiger partial charge >= 0.3 is 6.61 Å². The number of rotatable bonds is 8. The number of carbonyl (C=O) groups excluding carboxylic acids is 1. The quantitative estimate of drug-likeness (QED) is 0.288. The average molecular weight is 549 g/mol. The summed E-state index contributed by atoms with van der Waals surface area (Å²) in [6.45, 7) is 2.22. The maximum Gasteiger partial charge on any atom is 0.387 e. The molecule has 1 saturated heterocycles. The standard InChI is InChI=1S/C17H25N5.C13H9F2NO2/c1-13-9-22(12-20-13)17-7-14(6-16(8-17)19-2)10-21-5-3-4-15(18)11-21;14-13(15)18-12-3-1-2-9(7-12)10-4-5-16-11(6-10)8-17/h6-9,12,15,19H,3-5,10-11,18H2,1-2H3;1-8,13H. The Labute approximate surface area is 232 Å². The van der Waals surface area contributed by atoms with Gasteiger partial charge in [-0.3, -0.25) is 14.7 Å². The lowest BCUT2D eigenvalue weighted by Crippen LogP contribution is -2.42. The number of carbonyl (C=O) groups is 1. The summed E-state index contributed by atoms with van der Waals surface area (Å²) >= 11 is 0. The second-order valence-corrected chi connectivity index (χ2v) is 9.69. The molecular weight excluding hydrogens is 514 g/mol. The maximum atomic E-state index is 12.1. The van der Waals surface area contributed by atoms with Crippen molar-refractivity contribution in [3.05, 3.63) is 90.3 Å². The van der Waals surface area contributed by atoms with E-state index < -0.39 is 6.61 Å². The van der Waals surface area contributed by atoms with E-state index in [9.17, 15) is 13.6 Å². The molecule has 0 saturated carbocycles. The van der Waals surface area contributed by atoms with Crippen LogP contribution in [0.2, 0.25) is 0 Å². The molecule has 40 heavy (non-hydrogen) atoms. The van der Waals surface area contributed by atoms with Gasteiger partial charge in [0.25, 0.3) is 0 Å². The third-order valence-corrected chi connectivity index (χ3v) is 6.52. The maximum absolute atomic E-state index is 12.1. The zero-order chi connectivity index (χ0) is 28.5. The Balaban J connectivity index is 0.000000189. The lowest BCUT2D eigenvalue weighted by Gasteiger charge is -2.30. The van der Waals surface area contributed by atoms with Crippen LogP contribution in [0, 0.1) is 6.92 Å². The van der Waals surface area contributed by atoms with E-state index in [0.29, 0.717) is 23.5 Å². The smallest absolute Gasteiger partial charge is 0.387 e. The van der Waals surface area contributed by atoms with Crippen LogP contribution in [-0.2, 0) is 6.54 Å². The van der Waals surface area contributed by atoms with Crippen LogP contribution in [0.5, 0.6) is 5.75 Å². The number of piperidine rings is 1. The highest BCUT2D eigenvalue weighted by Crippen LogP contribution is 2.25. The molecule has 1 aliphatic heterocycles. The minimum absolute atomic E-state index is 0.0759. The zero-order valence-electron chi connectivity index (χ0n) is 22.6. The lowest BCUT2D eigenvalue weighted by molar-refractivity contribution is -0.0498. The number of anilines is 1. The molecule has 0 bridgehead atoms. The van der Waals surface area contributed by atoms with Gasteiger partial charge in [0.15, 0.2) is 6.29 Å². The van der Waals surface area contributed by atoms with E-state index in [-0.39, 0.29) is 11.4 Å². The highest BCUT2D eigenvalue weighted by molar-refractivity contribution is 5.76. The summed E-state index contributed by atoms with van der Waals surface area (Å²) in [4.78, 5) is 21.2. The summed E-state index contributed by atoms with van der Waals surface area (Å²) in [5, 5.41) is 3.25. The predicted molar refractivity (Wildman–Crippen MR) is 152 cm³/mol. The summed E-state index contributed by atoms with van der Waals surface area (Å²) < 4.78 is 30.6. The third kappa shape index (κ3) is 8.17. The highest BCUT2D eigenvalue weighted by atomic mass is 19.3. The molecule has 0 aliphatic carbocycles. The van der Waals surface area contributed by atoms with Crippen molar-refractivity contribution in [2.75, 3.05) is 25.5 Å². The zero-order valence-corrected chi connectivity index (χ0v) is 22.6. The van der Waals surface area contributed by atoms with Gasteiger partial charge in [0, 0.05) is 49.9 Å². The van der Waals surface area contributed by atoms with Gasteiger partial charge in [-0.15, -0.1) is 0 Å². The van der Waals surface area contributed by atoms with E-state index >= 15 is 0 Å². The molecule has 1 atom stereocenters. The number of benzene rings is 2. The van der Waals surface area contributed by atoms with E-state index in [4.69, 9.17) is 5.73 Å². The number of hydrogen-bond acceptors (Lipinski definition) is 7. The molecule has 2 aromatic heterocycles.